The third-order valence-corrected chi connectivity index (χ3v) is 3.84. The number of hydrogen-bond donors (Lipinski definition) is 0. The zero-order chi connectivity index (χ0) is 16.5. The lowest BCUT2D eigenvalue weighted by atomic mass is 10.0. The van der Waals surface area contributed by atoms with E-state index in [1.807, 2.05) is 30.5 Å². The van der Waals surface area contributed by atoms with Gasteiger partial charge < -0.3 is 4.85 Å². The largest absolute Gasteiger partial charge is 0.362 e. The van der Waals surface area contributed by atoms with Crippen LogP contribution in [0.25, 0.3) is 32.9 Å². The maximum atomic E-state index is 13.2. The maximum absolute atomic E-state index is 13.2. The van der Waals surface area contributed by atoms with Gasteiger partial charge in [0, 0.05) is 29.0 Å². The molecule has 5 heteroatoms. The van der Waals surface area contributed by atoms with E-state index in [-0.39, 0.29) is 5.82 Å². The van der Waals surface area contributed by atoms with Crippen LogP contribution in [0.2, 0.25) is 0 Å². The van der Waals surface area contributed by atoms with Crippen LogP contribution in [-0.2, 0) is 0 Å². The number of imidazole rings is 1. The number of aromatic nitrogens is 3. The molecule has 1 aromatic carbocycles. The van der Waals surface area contributed by atoms with Crippen LogP contribution in [0.1, 0.15) is 0 Å². The maximum Gasteiger partial charge on any atom is 0.254 e. The predicted molar refractivity (Wildman–Crippen MR) is 90.1 cm³/mol. The van der Waals surface area contributed by atoms with Crippen molar-refractivity contribution in [1.29, 1.82) is 0 Å². The Labute approximate surface area is 137 Å². The molecule has 0 radical (unpaired) electrons. The Morgan fingerprint density at radius 3 is 2.54 bits per heavy atom. The summed E-state index contributed by atoms with van der Waals surface area (Å²) in [6.45, 7) is 7.23. The second-order valence-electron chi connectivity index (χ2n) is 5.28. The second-order valence-corrected chi connectivity index (χ2v) is 5.28. The molecule has 114 valence electrons. The molecule has 0 N–H and O–H groups in total. The van der Waals surface area contributed by atoms with E-state index in [0.29, 0.717) is 5.82 Å². The van der Waals surface area contributed by atoms with Crippen LogP contribution in [-0.4, -0.2) is 14.4 Å². The number of rotatable bonds is 2. The van der Waals surface area contributed by atoms with Gasteiger partial charge in [-0.05, 0) is 36.4 Å². The van der Waals surface area contributed by atoms with Crippen molar-refractivity contribution in [2.45, 2.75) is 0 Å². The van der Waals surface area contributed by atoms with Crippen LogP contribution in [0.15, 0.2) is 67.1 Å². The first-order chi connectivity index (χ1) is 11.8. The van der Waals surface area contributed by atoms with Crippen molar-refractivity contribution >= 4 is 11.5 Å². The molecule has 0 spiro atoms. The summed E-state index contributed by atoms with van der Waals surface area (Å²) in [5, 5.41) is 0. The molecule has 0 aliphatic heterocycles. The lowest BCUT2D eigenvalue weighted by Crippen LogP contribution is -1.91. The highest BCUT2D eigenvalue weighted by molar-refractivity contribution is 5.81. The van der Waals surface area contributed by atoms with E-state index in [1.54, 1.807) is 28.9 Å². The van der Waals surface area contributed by atoms with Gasteiger partial charge in [0.25, 0.3) is 5.82 Å². The molecular formula is C19H11FN4. The molecule has 0 unspecified atom stereocenters. The SMILES string of the molecule is [C-]#[N+]c1cnc2ccc(-c3cccnc3-c3ccc(F)cc3)cn12. The summed E-state index contributed by atoms with van der Waals surface area (Å²) in [6.07, 6.45) is 5.14. The van der Waals surface area contributed by atoms with Crippen molar-refractivity contribution in [2.24, 2.45) is 0 Å². The summed E-state index contributed by atoms with van der Waals surface area (Å²) < 4.78 is 14.9. The Morgan fingerprint density at radius 1 is 0.958 bits per heavy atom. The van der Waals surface area contributed by atoms with Gasteiger partial charge in [-0.15, -0.1) is 0 Å². The monoisotopic (exact) mass is 314 g/mol. The Bertz CT molecular complexity index is 1070. The highest BCUT2D eigenvalue weighted by Crippen LogP contribution is 2.31. The Kier molecular flexibility index (Phi) is 3.29. The van der Waals surface area contributed by atoms with Crippen molar-refractivity contribution in [3.8, 4) is 22.4 Å². The average molecular weight is 314 g/mol. The first-order valence-corrected chi connectivity index (χ1v) is 7.32. The van der Waals surface area contributed by atoms with E-state index < -0.39 is 0 Å². The molecule has 0 fully saturated rings. The Morgan fingerprint density at radius 2 is 1.75 bits per heavy atom. The van der Waals surface area contributed by atoms with Gasteiger partial charge in [-0.25, -0.2) is 13.8 Å². The van der Waals surface area contributed by atoms with Gasteiger partial charge in [0.1, 0.15) is 5.82 Å². The quantitative estimate of drug-likeness (QED) is 0.500. The number of nitrogens with zero attached hydrogens (tertiary/aromatic N) is 4. The smallest absolute Gasteiger partial charge is 0.254 e. The predicted octanol–water partition coefficient (Wildman–Crippen LogP) is 4.75. The van der Waals surface area contributed by atoms with E-state index in [1.165, 1.54) is 12.1 Å². The highest BCUT2D eigenvalue weighted by Gasteiger charge is 2.12. The van der Waals surface area contributed by atoms with Crippen molar-refractivity contribution in [1.82, 2.24) is 14.4 Å². The van der Waals surface area contributed by atoms with Crippen LogP contribution in [0, 0.1) is 12.4 Å². The third kappa shape index (κ3) is 2.31. The van der Waals surface area contributed by atoms with Crippen LogP contribution in [0.3, 0.4) is 0 Å². The van der Waals surface area contributed by atoms with E-state index in [4.69, 9.17) is 6.57 Å². The standard InChI is InChI=1S/C19H11FN4/c1-21-18-11-23-17-9-6-14(12-24(17)18)16-3-2-10-22-19(16)13-4-7-15(20)8-5-13/h2-12H. The van der Waals surface area contributed by atoms with Gasteiger partial charge in [0.15, 0.2) is 0 Å². The van der Waals surface area contributed by atoms with Crippen molar-refractivity contribution in [3.63, 3.8) is 0 Å². The molecule has 4 nitrogen and oxygen atoms in total. The van der Waals surface area contributed by atoms with Gasteiger partial charge in [0.05, 0.1) is 18.1 Å². The Balaban J connectivity index is 1.91. The summed E-state index contributed by atoms with van der Waals surface area (Å²) in [6, 6.07) is 13.9. The molecule has 0 bridgehead atoms. The average Bonchev–Trinajstić information content (AvgIpc) is 3.04. The second kappa shape index (κ2) is 5.60. The number of pyridine rings is 2. The van der Waals surface area contributed by atoms with Crippen LogP contribution < -0.4 is 0 Å². The van der Waals surface area contributed by atoms with E-state index in [9.17, 15) is 4.39 Å². The van der Waals surface area contributed by atoms with E-state index in [2.05, 4.69) is 14.8 Å². The summed E-state index contributed by atoms with van der Waals surface area (Å²) in [5.41, 5.74) is 4.15. The van der Waals surface area contributed by atoms with Crippen molar-refractivity contribution < 1.29 is 4.39 Å². The summed E-state index contributed by atoms with van der Waals surface area (Å²) in [4.78, 5) is 12.1. The van der Waals surface area contributed by atoms with Crippen molar-refractivity contribution in [2.75, 3.05) is 0 Å². The molecule has 0 saturated carbocycles. The van der Waals surface area contributed by atoms with E-state index in [0.717, 1.165) is 28.0 Å². The van der Waals surface area contributed by atoms with Crippen LogP contribution in [0.4, 0.5) is 10.2 Å². The number of hydrogen-bond acceptors (Lipinski definition) is 2. The zero-order valence-corrected chi connectivity index (χ0v) is 12.5. The fraction of sp³-hybridized carbons (Fsp3) is 0. The normalized spacial score (nSPS) is 10.7. The first-order valence-electron chi connectivity index (χ1n) is 7.32. The van der Waals surface area contributed by atoms with Gasteiger partial charge in [-0.2, -0.15) is 0 Å². The number of halogens is 1. The minimum Gasteiger partial charge on any atom is -0.362 e. The molecule has 0 aliphatic carbocycles. The van der Waals surface area contributed by atoms with Crippen LogP contribution >= 0.6 is 0 Å². The third-order valence-electron chi connectivity index (χ3n) is 3.84. The molecule has 3 aromatic heterocycles. The molecule has 4 rings (SSSR count). The van der Waals surface area contributed by atoms with Crippen molar-refractivity contribution in [3.05, 3.63) is 84.4 Å². The Hall–Kier alpha value is -3.52. The fourth-order valence-corrected chi connectivity index (χ4v) is 2.69. The van der Waals surface area contributed by atoms with Crippen LogP contribution in [0.5, 0.6) is 0 Å². The zero-order valence-electron chi connectivity index (χ0n) is 12.5. The number of benzene rings is 1. The fourth-order valence-electron chi connectivity index (χ4n) is 2.69. The highest BCUT2D eigenvalue weighted by atomic mass is 19.1. The van der Waals surface area contributed by atoms with Gasteiger partial charge in [0.2, 0.25) is 5.65 Å². The molecule has 0 saturated heterocycles. The first kappa shape index (κ1) is 14.1. The lowest BCUT2D eigenvalue weighted by molar-refractivity contribution is 0.628. The molecule has 24 heavy (non-hydrogen) atoms. The summed E-state index contributed by atoms with van der Waals surface area (Å²) in [7, 11) is 0. The summed E-state index contributed by atoms with van der Waals surface area (Å²) >= 11 is 0. The topological polar surface area (TPSA) is 34.5 Å². The minimum atomic E-state index is -0.280. The summed E-state index contributed by atoms with van der Waals surface area (Å²) in [5.74, 6) is 0.178. The molecule has 3 heterocycles. The molecule has 0 atom stereocenters. The van der Waals surface area contributed by atoms with Gasteiger partial charge in [-0.1, -0.05) is 12.6 Å². The molecular weight excluding hydrogens is 303 g/mol. The number of fused-ring (bicyclic) bond motifs is 1. The molecule has 0 aliphatic rings. The van der Waals surface area contributed by atoms with E-state index >= 15 is 0 Å². The van der Waals surface area contributed by atoms with Gasteiger partial charge >= 0.3 is 0 Å². The van der Waals surface area contributed by atoms with Gasteiger partial charge in [-0.3, -0.25) is 4.98 Å². The minimum absolute atomic E-state index is 0.280. The lowest BCUT2D eigenvalue weighted by Gasteiger charge is -2.08. The molecule has 4 aromatic rings. The molecule has 0 amide bonds.